The van der Waals surface area contributed by atoms with Gasteiger partial charge in [-0.25, -0.2) is 0 Å². The standard InChI is InChI=1S/C62H43N/c1-3-18-45(19-4-1)57-30-11-12-31-61(57)62-59(47-20-5-2-6-21-47)33-16-34-60(62)48-37-39-53(40-38-48)63(54-27-13-25-50(42-54)51-36-35-44-17-7-8-23-49(44)41-51)55-28-14-26-52(43-55)58-32-15-24-46-22-9-10-29-56(46)58/h1-43H. The number of hydrogen-bond donors (Lipinski definition) is 0. The molecule has 0 saturated carbocycles. The molecule has 0 aliphatic rings. The van der Waals surface area contributed by atoms with Crippen molar-refractivity contribution in [2.75, 3.05) is 4.90 Å². The first kappa shape index (κ1) is 37.7. The Morgan fingerprint density at radius 2 is 0.651 bits per heavy atom. The molecule has 0 saturated heterocycles. The van der Waals surface area contributed by atoms with Crippen LogP contribution in [0.4, 0.5) is 17.1 Å². The van der Waals surface area contributed by atoms with Crippen LogP contribution in [0.25, 0.3) is 88.3 Å². The van der Waals surface area contributed by atoms with Crippen LogP contribution in [0.5, 0.6) is 0 Å². The zero-order chi connectivity index (χ0) is 42.0. The molecule has 11 aromatic rings. The molecular weight excluding hydrogens is 759 g/mol. The van der Waals surface area contributed by atoms with Gasteiger partial charge in [-0.3, -0.25) is 0 Å². The quantitative estimate of drug-likeness (QED) is 0.141. The highest BCUT2D eigenvalue weighted by molar-refractivity contribution is 6.01. The van der Waals surface area contributed by atoms with E-state index in [4.69, 9.17) is 0 Å². The Hall–Kier alpha value is -8.26. The van der Waals surface area contributed by atoms with Crippen LogP contribution in [0.1, 0.15) is 0 Å². The van der Waals surface area contributed by atoms with Crippen LogP contribution >= 0.6 is 0 Å². The molecule has 0 radical (unpaired) electrons. The van der Waals surface area contributed by atoms with E-state index < -0.39 is 0 Å². The van der Waals surface area contributed by atoms with Gasteiger partial charge in [-0.2, -0.15) is 0 Å². The molecule has 63 heavy (non-hydrogen) atoms. The third-order valence-corrected chi connectivity index (χ3v) is 12.3. The summed E-state index contributed by atoms with van der Waals surface area (Å²) in [6, 6.07) is 94.7. The predicted molar refractivity (Wildman–Crippen MR) is 269 cm³/mol. The number of anilines is 3. The minimum Gasteiger partial charge on any atom is -0.310 e. The fourth-order valence-corrected chi connectivity index (χ4v) is 9.23. The topological polar surface area (TPSA) is 3.24 Å². The number of hydrogen-bond acceptors (Lipinski definition) is 1. The molecule has 0 aliphatic heterocycles. The zero-order valence-electron chi connectivity index (χ0n) is 34.8. The number of fused-ring (bicyclic) bond motifs is 2. The Kier molecular flexibility index (Phi) is 9.97. The highest BCUT2D eigenvalue weighted by Gasteiger charge is 2.20. The van der Waals surface area contributed by atoms with Crippen molar-refractivity contribution >= 4 is 38.6 Å². The van der Waals surface area contributed by atoms with E-state index in [0.29, 0.717) is 0 Å². The van der Waals surface area contributed by atoms with Crippen LogP contribution in [0.3, 0.4) is 0 Å². The lowest BCUT2D eigenvalue weighted by Crippen LogP contribution is -2.10. The summed E-state index contributed by atoms with van der Waals surface area (Å²) in [5.41, 5.74) is 17.6. The van der Waals surface area contributed by atoms with Gasteiger partial charge in [-0.1, -0.05) is 218 Å². The van der Waals surface area contributed by atoms with Crippen molar-refractivity contribution in [3.05, 3.63) is 261 Å². The summed E-state index contributed by atoms with van der Waals surface area (Å²) in [4.78, 5) is 2.40. The SMILES string of the molecule is c1ccc(-c2ccccc2-c2c(-c3ccccc3)cccc2-c2ccc(N(c3cccc(-c4ccc5ccccc5c4)c3)c3cccc(-c4cccc5ccccc45)c3)cc2)cc1. The van der Waals surface area contributed by atoms with Gasteiger partial charge in [0.25, 0.3) is 0 Å². The second-order valence-electron chi connectivity index (χ2n) is 16.1. The summed E-state index contributed by atoms with van der Waals surface area (Å²) in [5, 5.41) is 4.95. The predicted octanol–water partition coefficient (Wildman–Crippen LogP) is 17.5. The third-order valence-electron chi connectivity index (χ3n) is 12.3. The van der Waals surface area contributed by atoms with Gasteiger partial charge in [0.15, 0.2) is 0 Å². The first-order chi connectivity index (χ1) is 31.2. The Morgan fingerprint density at radius 1 is 0.206 bits per heavy atom. The van der Waals surface area contributed by atoms with Gasteiger partial charge in [-0.05, 0) is 131 Å². The summed E-state index contributed by atoms with van der Waals surface area (Å²) in [6.45, 7) is 0. The maximum atomic E-state index is 2.40. The molecular formula is C62H43N. The fourth-order valence-electron chi connectivity index (χ4n) is 9.23. The lowest BCUT2D eigenvalue weighted by molar-refractivity contribution is 1.28. The Labute approximate surface area is 369 Å². The van der Waals surface area contributed by atoms with Gasteiger partial charge in [0.05, 0.1) is 0 Å². The highest BCUT2D eigenvalue weighted by Crippen LogP contribution is 2.45. The van der Waals surface area contributed by atoms with Gasteiger partial charge in [0.1, 0.15) is 0 Å². The molecule has 0 aliphatic carbocycles. The van der Waals surface area contributed by atoms with Gasteiger partial charge in [0, 0.05) is 17.1 Å². The summed E-state index contributed by atoms with van der Waals surface area (Å²) in [5.74, 6) is 0. The highest BCUT2D eigenvalue weighted by atomic mass is 15.1. The molecule has 0 N–H and O–H groups in total. The normalized spacial score (nSPS) is 11.2. The number of rotatable bonds is 9. The summed E-state index contributed by atoms with van der Waals surface area (Å²) in [6.07, 6.45) is 0. The Bertz CT molecular complexity index is 3380. The van der Waals surface area contributed by atoms with Gasteiger partial charge in [-0.15, -0.1) is 0 Å². The van der Waals surface area contributed by atoms with Crippen LogP contribution in [0.2, 0.25) is 0 Å². The molecule has 0 heterocycles. The van der Waals surface area contributed by atoms with Crippen molar-refractivity contribution in [2.45, 2.75) is 0 Å². The molecule has 1 heteroatoms. The van der Waals surface area contributed by atoms with Crippen LogP contribution < -0.4 is 4.90 Å². The molecule has 296 valence electrons. The smallest absolute Gasteiger partial charge is 0.0467 e. The molecule has 1 nitrogen and oxygen atoms in total. The van der Waals surface area contributed by atoms with Gasteiger partial charge < -0.3 is 4.90 Å². The second kappa shape index (κ2) is 16.7. The average molecular weight is 802 g/mol. The first-order valence-electron chi connectivity index (χ1n) is 21.7. The average Bonchev–Trinajstić information content (AvgIpc) is 3.37. The molecule has 0 unspecified atom stereocenters. The van der Waals surface area contributed by atoms with E-state index in [0.717, 1.165) is 22.6 Å². The Morgan fingerprint density at radius 3 is 1.38 bits per heavy atom. The van der Waals surface area contributed by atoms with Crippen molar-refractivity contribution in [2.24, 2.45) is 0 Å². The molecule has 0 amide bonds. The van der Waals surface area contributed by atoms with Crippen molar-refractivity contribution in [1.29, 1.82) is 0 Å². The van der Waals surface area contributed by atoms with Gasteiger partial charge in [0.2, 0.25) is 0 Å². The third kappa shape index (κ3) is 7.37. The summed E-state index contributed by atoms with van der Waals surface area (Å²) in [7, 11) is 0. The van der Waals surface area contributed by atoms with Crippen molar-refractivity contribution in [3.63, 3.8) is 0 Å². The van der Waals surface area contributed by atoms with Crippen LogP contribution in [-0.4, -0.2) is 0 Å². The largest absolute Gasteiger partial charge is 0.310 e. The molecule has 0 spiro atoms. The summed E-state index contributed by atoms with van der Waals surface area (Å²) >= 11 is 0. The first-order valence-corrected chi connectivity index (χ1v) is 21.7. The van der Waals surface area contributed by atoms with Crippen molar-refractivity contribution in [1.82, 2.24) is 0 Å². The lowest BCUT2D eigenvalue weighted by atomic mass is 9.84. The van der Waals surface area contributed by atoms with Crippen LogP contribution in [-0.2, 0) is 0 Å². The van der Waals surface area contributed by atoms with E-state index >= 15 is 0 Å². The monoisotopic (exact) mass is 801 g/mol. The van der Waals surface area contributed by atoms with Crippen LogP contribution in [0.15, 0.2) is 261 Å². The maximum absolute atomic E-state index is 2.40. The van der Waals surface area contributed by atoms with Crippen LogP contribution in [0, 0.1) is 0 Å². The maximum Gasteiger partial charge on any atom is 0.0467 e. The molecule has 11 rings (SSSR count). The molecule has 0 bridgehead atoms. The van der Waals surface area contributed by atoms with Crippen molar-refractivity contribution in [3.8, 4) is 66.8 Å². The molecule has 11 aromatic carbocycles. The van der Waals surface area contributed by atoms with E-state index in [1.54, 1.807) is 0 Å². The van der Waals surface area contributed by atoms with E-state index in [-0.39, 0.29) is 0 Å². The second-order valence-corrected chi connectivity index (χ2v) is 16.1. The minimum absolute atomic E-state index is 1.08. The molecule has 0 aromatic heterocycles. The number of nitrogens with zero attached hydrogens (tertiary/aromatic N) is 1. The van der Waals surface area contributed by atoms with E-state index in [1.165, 1.54) is 82.7 Å². The van der Waals surface area contributed by atoms with E-state index in [1.807, 2.05) is 0 Å². The van der Waals surface area contributed by atoms with Gasteiger partial charge >= 0.3 is 0 Å². The fraction of sp³-hybridized carbons (Fsp3) is 0. The zero-order valence-corrected chi connectivity index (χ0v) is 34.8. The Balaban J connectivity index is 1.07. The molecule has 0 fully saturated rings. The lowest BCUT2D eigenvalue weighted by Gasteiger charge is -2.27. The van der Waals surface area contributed by atoms with E-state index in [2.05, 4.69) is 266 Å². The number of benzene rings is 11. The summed E-state index contributed by atoms with van der Waals surface area (Å²) < 4.78 is 0. The minimum atomic E-state index is 1.08. The molecule has 0 atom stereocenters. The van der Waals surface area contributed by atoms with E-state index in [9.17, 15) is 0 Å². The van der Waals surface area contributed by atoms with Crippen molar-refractivity contribution < 1.29 is 0 Å².